The number of hydrogen-bond donors (Lipinski definition) is 0. The van der Waals surface area contributed by atoms with Gasteiger partial charge in [-0.25, -0.2) is 4.99 Å². The number of thiazole rings is 1. The molecule has 0 spiro atoms. The second kappa shape index (κ2) is 7.01. The molecule has 0 saturated heterocycles. The Hall–Kier alpha value is -2.07. The van der Waals surface area contributed by atoms with E-state index in [1.165, 1.54) is 5.56 Å². The van der Waals surface area contributed by atoms with Crippen LogP contribution in [0.4, 0.5) is 5.69 Å². The molecule has 0 saturated carbocycles. The van der Waals surface area contributed by atoms with Crippen molar-refractivity contribution >= 4 is 17.0 Å². The number of para-hydroxylation sites is 1. The second-order valence-corrected chi connectivity index (χ2v) is 6.62. The summed E-state index contributed by atoms with van der Waals surface area (Å²) in [6, 6.07) is 12.6. The fraction of sp³-hybridized carbons (Fsp3) is 0.316. The topological polar surface area (TPSA) is 30.4 Å². The largest absolute Gasteiger partial charge is 0.463 e. The highest BCUT2D eigenvalue weighted by Gasteiger charge is 2.15. The molecule has 120 valence electrons. The number of aromatic nitrogens is 1. The van der Waals surface area contributed by atoms with E-state index in [0.29, 0.717) is 6.04 Å². The van der Waals surface area contributed by atoms with E-state index in [-0.39, 0.29) is 0 Å². The summed E-state index contributed by atoms with van der Waals surface area (Å²) in [6.45, 7) is 6.56. The number of rotatable bonds is 5. The van der Waals surface area contributed by atoms with Crippen molar-refractivity contribution < 1.29 is 4.42 Å². The molecule has 2 aromatic heterocycles. The maximum atomic E-state index is 5.62. The minimum absolute atomic E-state index is 0.383. The number of furan rings is 1. The first-order valence-electron chi connectivity index (χ1n) is 8.05. The van der Waals surface area contributed by atoms with Crippen LogP contribution in [0.25, 0.3) is 11.5 Å². The third-order valence-electron chi connectivity index (χ3n) is 3.99. The summed E-state index contributed by atoms with van der Waals surface area (Å²) in [5.41, 5.74) is 3.32. The van der Waals surface area contributed by atoms with Gasteiger partial charge in [-0.2, -0.15) is 0 Å². The van der Waals surface area contributed by atoms with Crippen molar-refractivity contribution in [3.05, 3.63) is 58.4 Å². The third-order valence-corrected chi connectivity index (χ3v) is 4.83. The van der Waals surface area contributed by atoms with Crippen molar-refractivity contribution in [3.8, 4) is 11.5 Å². The predicted molar refractivity (Wildman–Crippen MR) is 96.0 cm³/mol. The molecule has 3 rings (SSSR count). The standard InChI is InChI=1S/C19H22N2OS/c1-4-8-15(3)21-17(18-11-7-12-22-18)13-23-19(21)20-16-10-6-5-9-14(16)2/h5-7,9-13,15H,4,8H2,1-3H3. The first-order valence-corrected chi connectivity index (χ1v) is 8.93. The summed E-state index contributed by atoms with van der Waals surface area (Å²) in [5, 5.41) is 2.14. The summed E-state index contributed by atoms with van der Waals surface area (Å²) < 4.78 is 7.92. The van der Waals surface area contributed by atoms with Crippen LogP contribution < -0.4 is 4.80 Å². The molecular weight excluding hydrogens is 304 g/mol. The van der Waals surface area contributed by atoms with Crippen LogP contribution >= 0.6 is 11.3 Å². The number of benzene rings is 1. The quantitative estimate of drug-likeness (QED) is 0.590. The van der Waals surface area contributed by atoms with E-state index < -0.39 is 0 Å². The van der Waals surface area contributed by atoms with Gasteiger partial charge in [-0.1, -0.05) is 31.5 Å². The highest BCUT2D eigenvalue weighted by atomic mass is 32.1. The fourth-order valence-electron chi connectivity index (χ4n) is 2.77. The molecule has 0 amide bonds. The molecule has 1 aromatic carbocycles. The summed E-state index contributed by atoms with van der Waals surface area (Å²) in [6.07, 6.45) is 3.98. The van der Waals surface area contributed by atoms with Crippen LogP contribution in [0.5, 0.6) is 0 Å². The molecule has 0 aliphatic rings. The Morgan fingerprint density at radius 3 is 2.74 bits per heavy atom. The SMILES string of the molecule is CCCC(C)n1c(-c2ccco2)csc1=Nc1ccccc1C. The fourth-order valence-corrected chi connectivity index (χ4v) is 3.76. The van der Waals surface area contributed by atoms with Gasteiger partial charge in [-0.15, -0.1) is 11.3 Å². The Morgan fingerprint density at radius 1 is 1.22 bits per heavy atom. The van der Waals surface area contributed by atoms with E-state index in [0.717, 1.165) is 34.8 Å². The first-order chi connectivity index (χ1) is 11.2. The normalized spacial score (nSPS) is 13.4. The maximum absolute atomic E-state index is 5.62. The van der Waals surface area contributed by atoms with E-state index in [1.54, 1.807) is 17.6 Å². The molecule has 0 N–H and O–H groups in total. The predicted octanol–water partition coefficient (Wildman–Crippen LogP) is 5.71. The third kappa shape index (κ3) is 3.32. The van der Waals surface area contributed by atoms with Crippen molar-refractivity contribution in [2.75, 3.05) is 0 Å². The maximum Gasteiger partial charge on any atom is 0.190 e. The summed E-state index contributed by atoms with van der Waals surface area (Å²) >= 11 is 1.67. The van der Waals surface area contributed by atoms with Gasteiger partial charge in [-0.05, 0) is 44.0 Å². The zero-order valence-electron chi connectivity index (χ0n) is 13.8. The van der Waals surface area contributed by atoms with Gasteiger partial charge in [0.05, 0.1) is 17.6 Å². The Balaban J connectivity index is 2.16. The summed E-state index contributed by atoms with van der Waals surface area (Å²) in [5.74, 6) is 0.899. The molecule has 1 atom stereocenters. The minimum atomic E-state index is 0.383. The molecule has 3 aromatic rings. The molecule has 0 aliphatic carbocycles. The van der Waals surface area contributed by atoms with Gasteiger partial charge >= 0.3 is 0 Å². The van der Waals surface area contributed by atoms with Gasteiger partial charge in [-0.3, -0.25) is 0 Å². The lowest BCUT2D eigenvalue weighted by Crippen LogP contribution is -2.19. The van der Waals surface area contributed by atoms with E-state index in [9.17, 15) is 0 Å². The number of aryl methyl sites for hydroxylation is 1. The van der Waals surface area contributed by atoms with Crippen molar-refractivity contribution in [2.45, 2.75) is 39.7 Å². The van der Waals surface area contributed by atoms with Crippen LogP contribution in [0.1, 0.15) is 38.3 Å². The van der Waals surface area contributed by atoms with Crippen LogP contribution in [-0.4, -0.2) is 4.57 Å². The molecule has 0 bridgehead atoms. The average Bonchev–Trinajstić information content (AvgIpc) is 3.19. The van der Waals surface area contributed by atoms with E-state index >= 15 is 0 Å². The molecule has 23 heavy (non-hydrogen) atoms. The van der Waals surface area contributed by atoms with Gasteiger partial charge in [0.2, 0.25) is 0 Å². The van der Waals surface area contributed by atoms with Gasteiger partial charge in [0.15, 0.2) is 10.6 Å². The molecule has 1 unspecified atom stereocenters. The van der Waals surface area contributed by atoms with E-state index in [1.807, 2.05) is 24.3 Å². The molecule has 2 heterocycles. The Labute approximate surface area is 140 Å². The number of hydrogen-bond acceptors (Lipinski definition) is 3. The monoisotopic (exact) mass is 326 g/mol. The van der Waals surface area contributed by atoms with Crippen LogP contribution in [0.2, 0.25) is 0 Å². The van der Waals surface area contributed by atoms with Crippen LogP contribution in [-0.2, 0) is 0 Å². The van der Waals surface area contributed by atoms with Crippen molar-refractivity contribution in [2.24, 2.45) is 4.99 Å². The number of nitrogens with zero attached hydrogens (tertiary/aromatic N) is 2. The van der Waals surface area contributed by atoms with Crippen molar-refractivity contribution in [1.82, 2.24) is 4.57 Å². The Bertz CT molecular complexity index is 827. The smallest absolute Gasteiger partial charge is 0.190 e. The van der Waals surface area contributed by atoms with Crippen molar-refractivity contribution in [3.63, 3.8) is 0 Å². The Kier molecular flexibility index (Phi) is 4.82. The molecule has 0 aliphatic heterocycles. The molecular formula is C19H22N2OS. The molecule has 3 nitrogen and oxygen atoms in total. The highest BCUT2D eigenvalue weighted by molar-refractivity contribution is 7.07. The Morgan fingerprint density at radius 2 is 2.04 bits per heavy atom. The van der Waals surface area contributed by atoms with E-state index in [4.69, 9.17) is 9.41 Å². The second-order valence-electron chi connectivity index (χ2n) is 5.79. The molecule has 0 fully saturated rings. The zero-order chi connectivity index (χ0) is 16.2. The van der Waals surface area contributed by atoms with Crippen molar-refractivity contribution in [1.29, 1.82) is 0 Å². The minimum Gasteiger partial charge on any atom is -0.463 e. The van der Waals surface area contributed by atoms with E-state index in [2.05, 4.69) is 42.9 Å². The van der Waals surface area contributed by atoms with Gasteiger partial charge < -0.3 is 8.98 Å². The lowest BCUT2D eigenvalue weighted by atomic mass is 10.2. The summed E-state index contributed by atoms with van der Waals surface area (Å²) in [7, 11) is 0. The van der Waals surface area contributed by atoms with Crippen LogP contribution in [0, 0.1) is 6.92 Å². The van der Waals surface area contributed by atoms with Gasteiger partial charge in [0.1, 0.15) is 0 Å². The molecule has 0 radical (unpaired) electrons. The average molecular weight is 326 g/mol. The van der Waals surface area contributed by atoms with Crippen LogP contribution in [0.3, 0.4) is 0 Å². The first kappa shape index (κ1) is 15.8. The lowest BCUT2D eigenvalue weighted by Gasteiger charge is -2.15. The highest BCUT2D eigenvalue weighted by Crippen LogP contribution is 2.26. The molecule has 4 heteroatoms. The lowest BCUT2D eigenvalue weighted by molar-refractivity contribution is 0.485. The van der Waals surface area contributed by atoms with Gasteiger partial charge in [0.25, 0.3) is 0 Å². The van der Waals surface area contributed by atoms with Gasteiger partial charge in [0, 0.05) is 11.4 Å². The zero-order valence-corrected chi connectivity index (χ0v) is 14.6. The van der Waals surface area contributed by atoms with Crippen LogP contribution in [0.15, 0.2) is 57.5 Å². The summed E-state index contributed by atoms with van der Waals surface area (Å²) in [4.78, 5) is 5.93.